The number of hydrogen-bond donors (Lipinski definition) is 0. The van der Waals surface area contributed by atoms with Gasteiger partial charge in [0, 0.05) is 31.0 Å². The lowest BCUT2D eigenvalue weighted by Crippen LogP contribution is -2.48. The summed E-state index contributed by atoms with van der Waals surface area (Å²) in [6, 6.07) is 7.79. The monoisotopic (exact) mass is 432 g/mol. The van der Waals surface area contributed by atoms with Crippen LogP contribution in [0.4, 0.5) is 4.39 Å². The Bertz CT molecular complexity index is 885. The van der Waals surface area contributed by atoms with Crippen LogP contribution in [0.5, 0.6) is 5.75 Å². The Labute approximate surface area is 181 Å². The van der Waals surface area contributed by atoms with Gasteiger partial charge in [0.25, 0.3) is 0 Å². The van der Waals surface area contributed by atoms with Crippen molar-refractivity contribution in [3.8, 4) is 5.75 Å². The van der Waals surface area contributed by atoms with Crippen molar-refractivity contribution in [2.45, 2.75) is 39.7 Å². The molecule has 0 spiro atoms. The van der Waals surface area contributed by atoms with Gasteiger partial charge in [0.05, 0.1) is 12.6 Å². The normalized spacial score (nSPS) is 16.7. The maximum atomic E-state index is 13.5. The lowest BCUT2D eigenvalue weighted by Gasteiger charge is -2.37. The van der Waals surface area contributed by atoms with Crippen LogP contribution in [0, 0.1) is 11.7 Å². The van der Waals surface area contributed by atoms with E-state index in [0.29, 0.717) is 24.8 Å². The fourth-order valence-electron chi connectivity index (χ4n) is 3.67. The van der Waals surface area contributed by atoms with Crippen molar-refractivity contribution in [3.05, 3.63) is 52.0 Å². The quantitative estimate of drug-likeness (QED) is 0.625. The van der Waals surface area contributed by atoms with Gasteiger partial charge in [-0.15, -0.1) is 11.3 Å². The summed E-state index contributed by atoms with van der Waals surface area (Å²) >= 11 is 1.68. The van der Waals surface area contributed by atoms with Gasteiger partial charge in [-0.05, 0) is 41.5 Å². The maximum Gasteiger partial charge on any atom is 0.242 e. The van der Waals surface area contributed by atoms with Crippen molar-refractivity contribution < 1.29 is 18.7 Å². The Morgan fingerprint density at radius 1 is 1.37 bits per heavy atom. The Morgan fingerprint density at radius 3 is 2.87 bits per heavy atom. The summed E-state index contributed by atoms with van der Waals surface area (Å²) < 4.78 is 19.4. The molecule has 162 valence electrons. The summed E-state index contributed by atoms with van der Waals surface area (Å²) in [6.45, 7) is 7.12. The van der Waals surface area contributed by atoms with Crippen LogP contribution in [-0.4, -0.2) is 47.9 Å². The van der Waals surface area contributed by atoms with Crippen LogP contribution >= 0.6 is 11.3 Å². The first-order chi connectivity index (χ1) is 14.4. The molecule has 1 aromatic heterocycles. The van der Waals surface area contributed by atoms with Gasteiger partial charge in [0.15, 0.2) is 0 Å². The minimum absolute atomic E-state index is 0.0651. The number of halogens is 1. The number of rotatable bonds is 8. The molecule has 0 unspecified atom stereocenters. The molecule has 2 aromatic rings. The van der Waals surface area contributed by atoms with Gasteiger partial charge in [0.1, 0.15) is 18.2 Å². The Hall–Kier alpha value is -2.41. The average molecular weight is 433 g/mol. The lowest BCUT2D eigenvalue weighted by atomic mass is 10.00. The summed E-state index contributed by atoms with van der Waals surface area (Å²) in [4.78, 5) is 30.0. The summed E-state index contributed by atoms with van der Waals surface area (Å²) in [5.41, 5.74) is 1.08. The van der Waals surface area contributed by atoms with Gasteiger partial charge in [-0.3, -0.25) is 9.59 Å². The van der Waals surface area contributed by atoms with Crippen molar-refractivity contribution in [3.63, 3.8) is 0 Å². The minimum Gasteiger partial charge on any atom is -0.491 e. The summed E-state index contributed by atoms with van der Waals surface area (Å²) in [5, 5.41) is 2.03. The second kappa shape index (κ2) is 10.1. The van der Waals surface area contributed by atoms with Gasteiger partial charge in [0.2, 0.25) is 11.8 Å². The SMILES string of the molecule is CC[C@H](C)CN(CC(=O)N1CCc2sccc2[C@H]1COc1cccc(F)c1)C(C)=O. The topological polar surface area (TPSA) is 49.9 Å². The Kier molecular flexibility index (Phi) is 7.48. The number of carbonyl (C=O) groups is 2. The molecule has 0 radical (unpaired) electrons. The van der Waals surface area contributed by atoms with Crippen molar-refractivity contribution in [1.29, 1.82) is 0 Å². The number of ether oxygens (including phenoxy) is 1. The van der Waals surface area contributed by atoms with E-state index in [1.807, 2.05) is 11.4 Å². The number of thiophene rings is 1. The van der Waals surface area contributed by atoms with Gasteiger partial charge >= 0.3 is 0 Å². The second-order valence-electron chi connectivity index (χ2n) is 7.83. The number of hydrogen-bond acceptors (Lipinski definition) is 4. The Morgan fingerprint density at radius 2 is 2.17 bits per heavy atom. The fraction of sp³-hybridized carbons (Fsp3) is 0.478. The van der Waals surface area contributed by atoms with Crippen LogP contribution < -0.4 is 4.74 Å². The highest BCUT2D eigenvalue weighted by molar-refractivity contribution is 7.10. The molecule has 2 amide bonds. The van der Waals surface area contributed by atoms with Gasteiger partial charge in [-0.25, -0.2) is 4.39 Å². The van der Waals surface area contributed by atoms with Crippen LogP contribution in [0.2, 0.25) is 0 Å². The van der Waals surface area contributed by atoms with Gasteiger partial charge in [-0.2, -0.15) is 0 Å². The highest BCUT2D eigenvalue weighted by Gasteiger charge is 2.33. The van der Waals surface area contributed by atoms with E-state index in [4.69, 9.17) is 4.74 Å². The molecular weight excluding hydrogens is 403 g/mol. The van der Waals surface area contributed by atoms with Crippen molar-refractivity contribution in [1.82, 2.24) is 9.80 Å². The number of nitrogens with zero attached hydrogens (tertiary/aromatic N) is 2. The molecule has 7 heteroatoms. The van der Waals surface area contributed by atoms with Gasteiger partial charge in [-0.1, -0.05) is 26.3 Å². The van der Waals surface area contributed by atoms with Crippen LogP contribution in [-0.2, 0) is 16.0 Å². The fourth-order valence-corrected chi connectivity index (χ4v) is 4.60. The van der Waals surface area contributed by atoms with E-state index >= 15 is 0 Å². The second-order valence-corrected chi connectivity index (χ2v) is 8.83. The molecule has 0 fully saturated rings. The molecule has 0 saturated carbocycles. The number of carbonyl (C=O) groups excluding carboxylic acids is 2. The first kappa shape index (κ1) is 22.3. The zero-order valence-corrected chi connectivity index (χ0v) is 18.6. The molecule has 2 heterocycles. The molecule has 30 heavy (non-hydrogen) atoms. The maximum absolute atomic E-state index is 13.5. The zero-order valence-electron chi connectivity index (χ0n) is 17.8. The summed E-state index contributed by atoms with van der Waals surface area (Å²) in [6.07, 6.45) is 1.74. The standard InChI is InChI=1S/C23H29FN2O3S/c1-4-16(2)13-25(17(3)27)14-23(28)26-10-8-22-20(9-11-30-22)21(26)15-29-19-7-5-6-18(24)12-19/h5-7,9,11-12,16,21H,4,8,10,13-15H2,1-3H3/t16-,21+/m0/s1. The largest absolute Gasteiger partial charge is 0.491 e. The van der Waals surface area contributed by atoms with Crippen LogP contribution in [0.15, 0.2) is 35.7 Å². The number of fused-ring (bicyclic) bond motifs is 1. The van der Waals surface area contributed by atoms with E-state index in [0.717, 1.165) is 18.4 Å². The van der Waals surface area contributed by atoms with Crippen LogP contribution in [0.25, 0.3) is 0 Å². The van der Waals surface area contributed by atoms with E-state index in [1.54, 1.807) is 33.3 Å². The molecule has 1 aliphatic rings. The third-order valence-electron chi connectivity index (χ3n) is 5.62. The van der Waals surface area contributed by atoms with E-state index in [2.05, 4.69) is 13.8 Å². The first-order valence-electron chi connectivity index (χ1n) is 10.4. The van der Waals surface area contributed by atoms with E-state index in [1.165, 1.54) is 23.9 Å². The van der Waals surface area contributed by atoms with E-state index < -0.39 is 0 Å². The number of benzene rings is 1. The molecule has 2 atom stereocenters. The highest BCUT2D eigenvalue weighted by Crippen LogP contribution is 2.34. The molecular formula is C23H29FN2O3S. The van der Waals surface area contributed by atoms with E-state index in [-0.39, 0.29) is 36.8 Å². The summed E-state index contributed by atoms with van der Waals surface area (Å²) in [5.74, 6) is 0.232. The van der Waals surface area contributed by atoms with Crippen molar-refractivity contribution in [2.24, 2.45) is 5.92 Å². The molecule has 0 N–H and O–H groups in total. The molecule has 0 aliphatic carbocycles. The molecule has 1 aromatic carbocycles. The average Bonchev–Trinajstić information content (AvgIpc) is 3.20. The predicted molar refractivity (Wildman–Crippen MR) is 116 cm³/mol. The minimum atomic E-state index is -0.359. The van der Waals surface area contributed by atoms with Crippen LogP contribution in [0.3, 0.4) is 0 Å². The van der Waals surface area contributed by atoms with E-state index in [9.17, 15) is 14.0 Å². The molecule has 0 bridgehead atoms. The first-order valence-corrected chi connectivity index (χ1v) is 11.3. The summed E-state index contributed by atoms with van der Waals surface area (Å²) in [7, 11) is 0. The van der Waals surface area contributed by atoms with Crippen molar-refractivity contribution in [2.75, 3.05) is 26.2 Å². The molecule has 1 aliphatic heterocycles. The molecule has 3 rings (SSSR count). The smallest absolute Gasteiger partial charge is 0.242 e. The zero-order chi connectivity index (χ0) is 21.7. The van der Waals surface area contributed by atoms with Gasteiger partial charge < -0.3 is 14.5 Å². The predicted octanol–water partition coefficient (Wildman–Crippen LogP) is 4.29. The Balaban J connectivity index is 1.75. The molecule has 5 nitrogen and oxygen atoms in total. The third kappa shape index (κ3) is 5.39. The molecule has 0 saturated heterocycles. The van der Waals surface area contributed by atoms with Crippen molar-refractivity contribution >= 4 is 23.2 Å². The van der Waals surface area contributed by atoms with Crippen LogP contribution in [0.1, 0.15) is 43.7 Å². The lowest BCUT2D eigenvalue weighted by molar-refractivity contribution is -0.142. The third-order valence-corrected chi connectivity index (χ3v) is 6.62. The highest BCUT2D eigenvalue weighted by atomic mass is 32.1. The number of amides is 2.